The summed E-state index contributed by atoms with van der Waals surface area (Å²) in [6, 6.07) is 6.47. The van der Waals surface area contributed by atoms with E-state index in [0.29, 0.717) is 12.0 Å². The van der Waals surface area contributed by atoms with E-state index in [-0.39, 0.29) is 0 Å². The van der Waals surface area contributed by atoms with Crippen LogP contribution < -0.4 is 11.1 Å². The van der Waals surface area contributed by atoms with Gasteiger partial charge in [-0.25, -0.2) is 0 Å². The second-order valence-electron chi connectivity index (χ2n) is 5.28. The molecule has 0 radical (unpaired) electrons. The third-order valence-electron chi connectivity index (χ3n) is 3.08. The molecule has 17 heavy (non-hydrogen) atoms. The molecule has 0 amide bonds. The van der Waals surface area contributed by atoms with Crippen LogP contribution >= 0.6 is 0 Å². The van der Waals surface area contributed by atoms with Crippen molar-refractivity contribution in [3.8, 4) is 0 Å². The van der Waals surface area contributed by atoms with Crippen LogP contribution in [0, 0.1) is 12.8 Å². The summed E-state index contributed by atoms with van der Waals surface area (Å²) in [5.74, 6) is 0.582. The third-order valence-corrected chi connectivity index (χ3v) is 3.08. The van der Waals surface area contributed by atoms with E-state index in [1.807, 2.05) is 12.1 Å². The normalized spacial score (nSPS) is 13.1. The predicted octanol–water partition coefficient (Wildman–Crippen LogP) is 2.58. The molecule has 1 aromatic rings. The Morgan fingerprint density at radius 1 is 1.29 bits per heavy atom. The van der Waals surface area contributed by atoms with Gasteiger partial charge in [-0.05, 0) is 44.6 Å². The Kier molecular flexibility index (Phi) is 4.82. The molecule has 0 spiro atoms. The molecule has 0 heterocycles. The summed E-state index contributed by atoms with van der Waals surface area (Å²) in [6.07, 6.45) is 0. The lowest BCUT2D eigenvalue weighted by molar-refractivity contribution is 0.344. The number of nitrogen functional groups attached to an aromatic ring is 1. The first kappa shape index (κ1) is 13.8. The van der Waals surface area contributed by atoms with Gasteiger partial charge in [-0.15, -0.1) is 0 Å². The fourth-order valence-electron chi connectivity index (χ4n) is 1.83. The molecule has 0 saturated heterocycles. The summed E-state index contributed by atoms with van der Waals surface area (Å²) in [5, 5.41) is 3.60. The molecule has 0 fully saturated rings. The molecule has 0 aliphatic rings. The van der Waals surface area contributed by atoms with E-state index in [2.05, 4.69) is 51.1 Å². The van der Waals surface area contributed by atoms with Gasteiger partial charge in [0.15, 0.2) is 0 Å². The van der Waals surface area contributed by atoms with Crippen LogP contribution in [0.15, 0.2) is 18.2 Å². The van der Waals surface area contributed by atoms with Crippen LogP contribution in [0.4, 0.5) is 11.4 Å². The number of rotatable bonds is 5. The van der Waals surface area contributed by atoms with Crippen LogP contribution in [0.2, 0.25) is 0 Å². The van der Waals surface area contributed by atoms with E-state index in [1.165, 1.54) is 0 Å². The van der Waals surface area contributed by atoms with Gasteiger partial charge in [0.25, 0.3) is 0 Å². The second kappa shape index (κ2) is 5.92. The summed E-state index contributed by atoms with van der Waals surface area (Å²) in [5.41, 5.74) is 9.05. The second-order valence-corrected chi connectivity index (χ2v) is 5.28. The Morgan fingerprint density at radius 2 is 1.94 bits per heavy atom. The number of hydrogen-bond acceptors (Lipinski definition) is 3. The Labute approximate surface area is 105 Å². The maximum atomic E-state index is 5.92. The fourth-order valence-corrected chi connectivity index (χ4v) is 1.83. The molecule has 3 nitrogen and oxygen atoms in total. The van der Waals surface area contributed by atoms with Crippen LogP contribution in [0.5, 0.6) is 0 Å². The Morgan fingerprint density at radius 3 is 2.47 bits per heavy atom. The molecule has 3 heteroatoms. The average Bonchev–Trinajstić information content (AvgIpc) is 2.22. The Hall–Kier alpha value is -1.22. The quantitative estimate of drug-likeness (QED) is 0.771. The van der Waals surface area contributed by atoms with Gasteiger partial charge in [0.2, 0.25) is 0 Å². The maximum Gasteiger partial charge on any atom is 0.0411 e. The molecule has 0 bridgehead atoms. The van der Waals surface area contributed by atoms with Gasteiger partial charge in [-0.1, -0.05) is 19.9 Å². The molecular formula is C14H25N3. The summed E-state index contributed by atoms with van der Waals surface area (Å²) < 4.78 is 0. The van der Waals surface area contributed by atoms with E-state index < -0.39 is 0 Å². The zero-order valence-electron chi connectivity index (χ0n) is 11.6. The van der Waals surface area contributed by atoms with Crippen molar-refractivity contribution in [2.45, 2.75) is 26.8 Å². The van der Waals surface area contributed by atoms with Crippen LogP contribution in [-0.4, -0.2) is 31.6 Å². The van der Waals surface area contributed by atoms with Gasteiger partial charge in [0.1, 0.15) is 0 Å². The molecule has 1 aromatic carbocycles. The van der Waals surface area contributed by atoms with Crippen LogP contribution in [-0.2, 0) is 0 Å². The van der Waals surface area contributed by atoms with Crippen LogP contribution in [0.3, 0.4) is 0 Å². The first-order valence-corrected chi connectivity index (χ1v) is 6.18. The zero-order valence-corrected chi connectivity index (χ0v) is 11.6. The topological polar surface area (TPSA) is 41.3 Å². The third kappa shape index (κ3) is 3.93. The largest absolute Gasteiger partial charge is 0.398 e. The monoisotopic (exact) mass is 235 g/mol. The first-order chi connectivity index (χ1) is 7.91. The average molecular weight is 235 g/mol. The number of benzene rings is 1. The number of anilines is 2. The van der Waals surface area contributed by atoms with E-state index in [9.17, 15) is 0 Å². The number of hydrogen-bond donors (Lipinski definition) is 2. The smallest absolute Gasteiger partial charge is 0.0411 e. The summed E-state index contributed by atoms with van der Waals surface area (Å²) >= 11 is 0. The minimum absolute atomic E-state index is 0.436. The highest BCUT2D eigenvalue weighted by molar-refractivity contribution is 5.63. The number of likely N-dealkylation sites (N-methyl/N-ethyl adjacent to an activating group) is 1. The number of nitrogens with zero attached hydrogens (tertiary/aromatic N) is 1. The molecule has 0 saturated carbocycles. The number of nitrogens with two attached hydrogens (primary N) is 1. The van der Waals surface area contributed by atoms with Crippen LogP contribution in [0.1, 0.15) is 19.4 Å². The van der Waals surface area contributed by atoms with Crippen LogP contribution in [0.25, 0.3) is 0 Å². The van der Waals surface area contributed by atoms with Crippen molar-refractivity contribution in [2.75, 3.05) is 31.7 Å². The minimum atomic E-state index is 0.436. The molecule has 0 aliphatic carbocycles. The molecule has 1 rings (SSSR count). The molecule has 1 atom stereocenters. The van der Waals surface area contributed by atoms with Crippen molar-refractivity contribution in [3.05, 3.63) is 23.8 Å². The molecule has 0 aliphatic heterocycles. The number of nitrogens with one attached hydrogen (secondary N) is 1. The maximum absolute atomic E-state index is 5.92. The molecule has 0 aromatic heterocycles. The highest BCUT2D eigenvalue weighted by atomic mass is 15.1. The molecule has 3 N–H and O–H groups in total. The Balaban J connectivity index is 2.82. The van der Waals surface area contributed by atoms with Crippen molar-refractivity contribution in [2.24, 2.45) is 5.92 Å². The lowest BCUT2D eigenvalue weighted by Gasteiger charge is -2.27. The lowest BCUT2D eigenvalue weighted by Crippen LogP contribution is -2.36. The summed E-state index contributed by atoms with van der Waals surface area (Å²) in [7, 11) is 4.20. The van der Waals surface area contributed by atoms with Crippen molar-refractivity contribution in [3.63, 3.8) is 0 Å². The Bertz CT molecular complexity index is 358. The van der Waals surface area contributed by atoms with E-state index in [1.54, 1.807) is 0 Å². The van der Waals surface area contributed by atoms with Gasteiger partial charge in [0, 0.05) is 24.0 Å². The van der Waals surface area contributed by atoms with Gasteiger partial charge in [-0.3, -0.25) is 0 Å². The minimum Gasteiger partial charge on any atom is -0.398 e. The first-order valence-electron chi connectivity index (χ1n) is 6.18. The highest BCUT2D eigenvalue weighted by Gasteiger charge is 2.15. The van der Waals surface area contributed by atoms with Gasteiger partial charge < -0.3 is 16.0 Å². The van der Waals surface area contributed by atoms with Gasteiger partial charge in [-0.2, -0.15) is 0 Å². The van der Waals surface area contributed by atoms with E-state index in [4.69, 9.17) is 5.73 Å². The van der Waals surface area contributed by atoms with E-state index >= 15 is 0 Å². The molecule has 1 unspecified atom stereocenters. The molecular weight excluding hydrogens is 210 g/mol. The van der Waals surface area contributed by atoms with Crippen molar-refractivity contribution in [1.82, 2.24) is 4.90 Å². The summed E-state index contributed by atoms with van der Waals surface area (Å²) in [4.78, 5) is 2.21. The van der Waals surface area contributed by atoms with Crippen molar-refractivity contribution >= 4 is 11.4 Å². The standard InChI is InChI=1S/C14H25N3/c1-10(2)14(9-17(4)5)16-13-8-6-7-12(15)11(13)3/h6-8,10,14,16H,9,15H2,1-5H3. The highest BCUT2D eigenvalue weighted by Crippen LogP contribution is 2.22. The SMILES string of the molecule is Cc1c(N)cccc1NC(CN(C)C)C(C)C. The summed E-state index contributed by atoms with van der Waals surface area (Å²) in [6.45, 7) is 7.56. The van der Waals surface area contributed by atoms with Crippen molar-refractivity contribution in [1.29, 1.82) is 0 Å². The fraction of sp³-hybridized carbons (Fsp3) is 0.571. The van der Waals surface area contributed by atoms with E-state index in [0.717, 1.165) is 23.5 Å². The van der Waals surface area contributed by atoms with Crippen molar-refractivity contribution < 1.29 is 0 Å². The zero-order chi connectivity index (χ0) is 13.0. The van der Waals surface area contributed by atoms with Gasteiger partial charge in [0.05, 0.1) is 0 Å². The molecule has 96 valence electrons. The predicted molar refractivity (Wildman–Crippen MR) is 76.4 cm³/mol. The lowest BCUT2D eigenvalue weighted by atomic mass is 10.0. The van der Waals surface area contributed by atoms with Gasteiger partial charge >= 0.3 is 0 Å².